The van der Waals surface area contributed by atoms with Crippen molar-refractivity contribution in [2.24, 2.45) is 5.92 Å². The van der Waals surface area contributed by atoms with Crippen LogP contribution >= 0.6 is 0 Å². The smallest absolute Gasteiger partial charge is 0.227 e. The summed E-state index contributed by atoms with van der Waals surface area (Å²) in [4.78, 5) is 30.0. The Balaban J connectivity index is 1.34. The van der Waals surface area contributed by atoms with Crippen molar-refractivity contribution < 1.29 is 9.59 Å². The van der Waals surface area contributed by atoms with E-state index in [0.717, 1.165) is 24.0 Å². The zero-order chi connectivity index (χ0) is 19.5. The Hall–Kier alpha value is -3.08. The van der Waals surface area contributed by atoms with E-state index in [4.69, 9.17) is 0 Å². The predicted molar refractivity (Wildman–Crippen MR) is 111 cm³/mol. The number of para-hydroxylation sites is 1. The molecule has 0 unspecified atom stereocenters. The van der Waals surface area contributed by atoms with Crippen molar-refractivity contribution >= 4 is 28.4 Å². The van der Waals surface area contributed by atoms with Crippen LogP contribution in [0.1, 0.15) is 24.5 Å². The van der Waals surface area contributed by atoms with Crippen LogP contribution in [0.2, 0.25) is 0 Å². The summed E-state index contributed by atoms with van der Waals surface area (Å²) in [5, 5.41) is 4.20. The summed E-state index contributed by atoms with van der Waals surface area (Å²) < 4.78 is 0. The molecular formula is C23H25N3O2. The fraction of sp³-hybridized carbons (Fsp3) is 0.304. The van der Waals surface area contributed by atoms with Crippen LogP contribution in [-0.2, 0) is 22.4 Å². The number of rotatable bonds is 6. The van der Waals surface area contributed by atoms with E-state index in [9.17, 15) is 9.59 Å². The van der Waals surface area contributed by atoms with Gasteiger partial charge in [0.2, 0.25) is 11.8 Å². The second-order valence-electron chi connectivity index (χ2n) is 7.33. The molecule has 3 aromatic rings. The number of hydrogen-bond acceptors (Lipinski definition) is 2. The van der Waals surface area contributed by atoms with Gasteiger partial charge in [0.05, 0.1) is 5.92 Å². The molecule has 0 spiro atoms. The Bertz CT molecular complexity index is 1010. The van der Waals surface area contributed by atoms with Crippen LogP contribution in [-0.4, -0.2) is 29.9 Å². The number of nitrogens with zero attached hydrogens (tertiary/aromatic N) is 1. The van der Waals surface area contributed by atoms with E-state index in [1.54, 1.807) is 4.90 Å². The summed E-state index contributed by atoms with van der Waals surface area (Å²) in [6.07, 6.45) is 3.96. The van der Waals surface area contributed by atoms with Crippen molar-refractivity contribution in [2.45, 2.75) is 26.2 Å². The van der Waals surface area contributed by atoms with Crippen LogP contribution in [0.15, 0.2) is 54.7 Å². The monoisotopic (exact) mass is 375 g/mol. The van der Waals surface area contributed by atoms with Crippen molar-refractivity contribution in [3.05, 3.63) is 65.9 Å². The minimum absolute atomic E-state index is 0.0185. The van der Waals surface area contributed by atoms with Crippen molar-refractivity contribution in [1.82, 2.24) is 10.3 Å². The second-order valence-corrected chi connectivity index (χ2v) is 7.33. The average Bonchev–Trinajstić information content (AvgIpc) is 3.32. The van der Waals surface area contributed by atoms with Crippen LogP contribution in [0.3, 0.4) is 0 Å². The van der Waals surface area contributed by atoms with Crippen LogP contribution in [0.5, 0.6) is 0 Å². The van der Waals surface area contributed by atoms with Gasteiger partial charge in [0, 0.05) is 42.3 Å². The number of aryl methyl sites for hydroxylation is 1. The maximum absolute atomic E-state index is 12.6. The number of anilines is 1. The van der Waals surface area contributed by atoms with E-state index >= 15 is 0 Å². The first-order chi connectivity index (χ1) is 13.7. The Morgan fingerprint density at radius 3 is 2.93 bits per heavy atom. The molecule has 1 saturated heterocycles. The van der Waals surface area contributed by atoms with E-state index < -0.39 is 0 Å². The number of benzene rings is 2. The highest BCUT2D eigenvalue weighted by molar-refractivity contribution is 6.00. The molecular weight excluding hydrogens is 350 g/mol. The number of carbonyl (C=O) groups excluding carboxylic acids is 2. The molecule has 5 heteroatoms. The van der Waals surface area contributed by atoms with Gasteiger partial charge in [-0.25, -0.2) is 0 Å². The third-order valence-corrected chi connectivity index (χ3v) is 5.49. The average molecular weight is 375 g/mol. The van der Waals surface area contributed by atoms with Gasteiger partial charge in [-0.3, -0.25) is 9.59 Å². The minimum atomic E-state index is -0.291. The van der Waals surface area contributed by atoms with Crippen molar-refractivity contribution in [3.63, 3.8) is 0 Å². The molecule has 1 fully saturated rings. The topological polar surface area (TPSA) is 65.2 Å². The molecule has 1 aliphatic heterocycles. The van der Waals surface area contributed by atoms with Crippen molar-refractivity contribution in [3.8, 4) is 0 Å². The van der Waals surface area contributed by atoms with Gasteiger partial charge < -0.3 is 15.2 Å². The normalized spacial score (nSPS) is 16.7. The second kappa shape index (κ2) is 7.89. The summed E-state index contributed by atoms with van der Waals surface area (Å²) in [5.74, 6) is -0.312. The molecule has 2 heterocycles. The van der Waals surface area contributed by atoms with Crippen molar-refractivity contribution in [1.29, 1.82) is 0 Å². The summed E-state index contributed by atoms with van der Waals surface area (Å²) in [6, 6.07) is 16.1. The maximum atomic E-state index is 12.6. The Morgan fingerprint density at radius 1 is 1.21 bits per heavy atom. The van der Waals surface area contributed by atoms with Crippen molar-refractivity contribution in [2.75, 3.05) is 18.0 Å². The quantitative estimate of drug-likeness (QED) is 0.693. The lowest BCUT2D eigenvalue weighted by Gasteiger charge is -2.17. The van der Waals surface area contributed by atoms with Gasteiger partial charge in [0.1, 0.15) is 0 Å². The van der Waals surface area contributed by atoms with Gasteiger partial charge in [-0.1, -0.05) is 37.3 Å². The lowest BCUT2D eigenvalue weighted by Crippen LogP contribution is -2.34. The first-order valence-electron chi connectivity index (χ1n) is 9.87. The number of H-pyrrole nitrogens is 1. The Kier molecular flexibility index (Phi) is 5.15. The summed E-state index contributed by atoms with van der Waals surface area (Å²) in [5.41, 5.74) is 4.38. The third-order valence-electron chi connectivity index (χ3n) is 5.49. The molecule has 144 valence electrons. The van der Waals surface area contributed by atoms with E-state index in [2.05, 4.69) is 29.4 Å². The first-order valence-corrected chi connectivity index (χ1v) is 9.87. The molecule has 0 aliphatic carbocycles. The number of carbonyl (C=O) groups is 2. The van der Waals surface area contributed by atoms with Crippen LogP contribution in [0, 0.1) is 5.92 Å². The van der Waals surface area contributed by atoms with Gasteiger partial charge in [-0.05, 0) is 42.2 Å². The molecule has 0 saturated carbocycles. The lowest BCUT2D eigenvalue weighted by atomic mass is 10.1. The number of aromatic nitrogens is 1. The summed E-state index contributed by atoms with van der Waals surface area (Å²) in [7, 11) is 0. The van der Waals surface area contributed by atoms with Crippen LogP contribution < -0.4 is 10.2 Å². The number of fused-ring (bicyclic) bond motifs is 1. The van der Waals surface area contributed by atoms with E-state index in [0.29, 0.717) is 13.1 Å². The fourth-order valence-electron chi connectivity index (χ4n) is 3.88. The SMILES string of the molecule is CCc1cccc(N2C[C@H](C(=O)NCCc3c[nH]c4ccccc34)CC2=O)c1. The molecule has 1 aromatic heterocycles. The number of nitrogens with one attached hydrogen (secondary N) is 2. The van der Waals surface area contributed by atoms with Gasteiger partial charge in [-0.2, -0.15) is 0 Å². The predicted octanol–water partition coefficient (Wildman–Crippen LogP) is 3.44. The van der Waals surface area contributed by atoms with Crippen LogP contribution in [0.4, 0.5) is 5.69 Å². The molecule has 2 N–H and O–H groups in total. The van der Waals surface area contributed by atoms with E-state index in [1.807, 2.05) is 42.6 Å². The summed E-state index contributed by atoms with van der Waals surface area (Å²) in [6.45, 7) is 3.11. The van der Waals surface area contributed by atoms with Gasteiger partial charge >= 0.3 is 0 Å². The molecule has 2 amide bonds. The molecule has 1 atom stereocenters. The zero-order valence-electron chi connectivity index (χ0n) is 16.1. The fourth-order valence-corrected chi connectivity index (χ4v) is 3.88. The first kappa shape index (κ1) is 18.3. The number of aromatic amines is 1. The van der Waals surface area contributed by atoms with Gasteiger partial charge in [0.15, 0.2) is 0 Å². The molecule has 28 heavy (non-hydrogen) atoms. The van der Waals surface area contributed by atoms with Crippen LogP contribution in [0.25, 0.3) is 10.9 Å². The highest BCUT2D eigenvalue weighted by Gasteiger charge is 2.35. The molecule has 0 bridgehead atoms. The third kappa shape index (κ3) is 3.65. The van der Waals surface area contributed by atoms with Gasteiger partial charge in [0.25, 0.3) is 0 Å². The highest BCUT2D eigenvalue weighted by Crippen LogP contribution is 2.26. The highest BCUT2D eigenvalue weighted by atomic mass is 16.2. The Morgan fingerprint density at radius 2 is 2.07 bits per heavy atom. The number of hydrogen-bond donors (Lipinski definition) is 2. The van der Waals surface area contributed by atoms with Gasteiger partial charge in [-0.15, -0.1) is 0 Å². The maximum Gasteiger partial charge on any atom is 0.227 e. The minimum Gasteiger partial charge on any atom is -0.361 e. The molecule has 1 aliphatic rings. The zero-order valence-corrected chi connectivity index (χ0v) is 16.1. The largest absolute Gasteiger partial charge is 0.361 e. The standard InChI is InChI=1S/C23H25N3O2/c1-2-16-6-5-7-19(12-16)26-15-18(13-22(26)27)23(28)24-11-10-17-14-25-21-9-4-3-8-20(17)21/h3-9,12,14,18,25H,2,10-11,13,15H2,1H3,(H,24,28)/t18-/m1/s1. The summed E-state index contributed by atoms with van der Waals surface area (Å²) >= 11 is 0. The number of amides is 2. The lowest BCUT2D eigenvalue weighted by molar-refractivity contribution is -0.126. The molecule has 2 aromatic carbocycles. The Labute approximate surface area is 164 Å². The van der Waals surface area contributed by atoms with E-state index in [1.165, 1.54) is 16.5 Å². The molecule has 5 nitrogen and oxygen atoms in total. The van der Waals surface area contributed by atoms with E-state index in [-0.39, 0.29) is 24.2 Å². The molecule has 4 rings (SSSR count). The molecule has 0 radical (unpaired) electrons.